The van der Waals surface area contributed by atoms with Crippen molar-refractivity contribution in [3.8, 4) is 34.1 Å². The Morgan fingerprint density at radius 3 is 2.75 bits per heavy atom. The summed E-state index contributed by atoms with van der Waals surface area (Å²) < 4.78 is 22.8. The zero-order valence-corrected chi connectivity index (χ0v) is 19.0. The number of phenols is 1. The number of fused-ring (bicyclic) bond motifs is 4. The van der Waals surface area contributed by atoms with Crippen molar-refractivity contribution in [2.24, 2.45) is 0 Å². The quantitative estimate of drug-likeness (QED) is 0.376. The van der Waals surface area contributed by atoms with Crippen molar-refractivity contribution in [2.75, 3.05) is 0 Å². The minimum absolute atomic E-state index is 0.116. The molecule has 6 nitrogen and oxygen atoms in total. The van der Waals surface area contributed by atoms with Crippen LogP contribution in [0.25, 0.3) is 28.2 Å². The van der Waals surface area contributed by atoms with Gasteiger partial charge in [-0.25, -0.2) is 0 Å². The first-order chi connectivity index (χ1) is 15.2. The van der Waals surface area contributed by atoms with Gasteiger partial charge in [-0.1, -0.05) is 17.7 Å². The number of benzene rings is 2. The molecule has 0 spiro atoms. The molecule has 3 aromatic rings. The molecule has 7 heteroatoms. The molecule has 0 unspecified atom stereocenters. The highest BCUT2D eigenvalue weighted by Gasteiger charge is 2.30. The smallest absolute Gasteiger partial charge is 0.293 e. The van der Waals surface area contributed by atoms with Gasteiger partial charge >= 0.3 is 0 Å². The lowest BCUT2D eigenvalue weighted by atomic mass is 9.93. The summed E-state index contributed by atoms with van der Waals surface area (Å²) in [6.07, 6.45) is 7.66. The van der Waals surface area contributed by atoms with Crippen molar-refractivity contribution in [3.05, 3.63) is 63.5 Å². The average molecular weight is 451 g/mol. The largest absolute Gasteiger partial charge is 0.507 e. The van der Waals surface area contributed by atoms with Crippen molar-refractivity contribution in [1.29, 1.82) is 0 Å². The van der Waals surface area contributed by atoms with Gasteiger partial charge in [-0.15, -0.1) is 0 Å². The molecule has 0 fully saturated rings. The third kappa shape index (κ3) is 3.33. The Balaban J connectivity index is 1.78. The van der Waals surface area contributed by atoms with Gasteiger partial charge in [0.15, 0.2) is 17.1 Å². The number of aromatic hydroxyl groups is 1. The molecule has 0 aliphatic carbocycles. The molecule has 0 bridgehead atoms. The van der Waals surface area contributed by atoms with E-state index in [0.717, 1.165) is 17.9 Å². The second-order valence-electron chi connectivity index (χ2n) is 8.67. The third-order valence-electron chi connectivity index (χ3n) is 5.51. The van der Waals surface area contributed by atoms with Crippen LogP contribution >= 0.6 is 12.3 Å². The second-order valence-corrected chi connectivity index (χ2v) is 9.14. The molecule has 1 aromatic heterocycles. The number of ether oxygens (including phenoxy) is 1. The maximum Gasteiger partial charge on any atom is 0.293 e. The minimum Gasteiger partial charge on any atom is -0.507 e. The number of phenolic OH excluding ortho intramolecular Hbond substituents is 1. The van der Waals surface area contributed by atoms with E-state index >= 15 is 0 Å². The van der Waals surface area contributed by atoms with E-state index in [4.69, 9.17) is 17.5 Å². The molecule has 0 saturated carbocycles. The first-order valence-corrected chi connectivity index (χ1v) is 10.9. The van der Waals surface area contributed by atoms with Gasteiger partial charge in [0.2, 0.25) is 5.43 Å². The van der Waals surface area contributed by atoms with Crippen LogP contribution < -0.4 is 18.5 Å². The Kier molecular flexibility index (Phi) is 4.74. The molecule has 0 atom stereocenters. The van der Waals surface area contributed by atoms with Crippen molar-refractivity contribution in [1.82, 2.24) is 0 Å². The van der Waals surface area contributed by atoms with Crippen LogP contribution in [0.5, 0.6) is 23.0 Å². The SMILES string of the molecule is CC(C)=CCc1c2c(c3occ(-c4ccc5c(c4)OSO5)c(=O)c3c1O)C=CC(C)(C)O2. The van der Waals surface area contributed by atoms with E-state index in [0.29, 0.717) is 51.5 Å². The maximum absolute atomic E-state index is 13.6. The lowest BCUT2D eigenvalue weighted by molar-refractivity contribution is 0.157. The lowest BCUT2D eigenvalue weighted by Crippen LogP contribution is -2.28. The van der Waals surface area contributed by atoms with Crippen LogP contribution in [0.4, 0.5) is 0 Å². The second kappa shape index (κ2) is 7.38. The van der Waals surface area contributed by atoms with Crippen LogP contribution in [-0.4, -0.2) is 10.7 Å². The van der Waals surface area contributed by atoms with E-state index in [1.165, 1.54) is 6.26 Å². The maximum atomic E-state index is 13.6. The summed E-state index contributed by atoms with van der Waals surface area (Å²) in [7, 11) is 0. The van der Waals surface area contributed by atoms with E-state index in [-0.39, 0.29) is 16.6 Å². The summed E-state index contributed by atoms with van der Waals surface area (Å²) in [4.78, 5) is 13.6. The summed E-state index contributed by atoms with van der Waals surface area (Å²) in [5, 5.41) is 11.4. The normalized spacial score (nSPS) is 15.4. The van der Waals surface area contributed by atoms with E-state index in [2.05, 4.69) is 0 Å². The fourth-order valence-corrected chi connectivity index (χ4v) is 4.30. The van der Waals surface area contributed by atoms with Gasteiger partial charge in [0.05, 0.1) is 11.1 Å². The zero-order chi connectivity index (χ0) is 22.6. The molecule has 164 valence electrons. The molecular formula is C25H22O6S. The molecule has 1 N–H and O–H groups in total. The summed E-state index contributed by atoms with van der Waals surface area (Å²) in [6.45, 7) is 7.85. The molecule has 2 aliphatic heterocycles. The van der Waals surface area contributed by atoms with Crippen molar-refractivity contribution >= 4 is 29.4 Å². The summed E-state index contributed by atoms with van der Waals surface area (Å²) >= 11 is 0.872. The number of hydrogen-bond acceptors (Lipinski definition) is 7. The predicted octanol–water partition coefficient (Wildman–Crippen LogP) is 6.19. The summed E-state index contributed by atoms with van der Waals surface area (Å²) in [5.74, 6) is 1.55. The topological polar surface area (TPSA) is 78.1 Å². The van der Waals surface area contributed by atoms with Crippen LogP contribution in [0, 0.1) is 0 Å². The monoisotopic (exact) mass is 450 g/mol. The molecule has 3 heterocycles. The van der Waals surface area contributed by atoms with E-state index < -0.39 is 5.60 Å². The van der Waals surface area contributed by atoms with Gasteiger partial charge in [0.1, 0.15) is 28.7 Å². The molecule has 32 heavy (non-hydrogen) atoms. The standard InChI is InChI=1S/C25H22O6S/c1-13(2)5-7-15-21(26)20-22(27)17(14-6-8-18-19(11-14)31-32-30-18)12-28-24(20)16-9-10-25(3,4)29-23(15)16/h5-6,8-12,26H,7H2,1-4H3. The van der Waals surface area contributed by atoms with Crippen LogP contribution in [-0.2, 0) is 6.42 Å². The van der Waals surface area contributed by atoms with E-state index in [1.54, 1.807) is 18.2 Å². The van der Waals surface area contributed by atoms with Gasteiger partial charge in [-0.05, 0) is 64.0 Å². The van der Waals surface area contributed by atoms with Gasteiger partial charge in [0.25, 0.3) is 12.3 Å². The number of hydrogen-bond donors (Lipinski definition) is 1. The average Bonchev–Trinajstić information content (AvgIpc) is 3.20. The molecule has 0 amide bonds. The van der Waals surface area contributed by atoms with Crippen LogP contribution in [0.1, 0.15) is 38.8 Å². The number of rotatable bonds is 3. The highest BCUT2D eigenvalue weighted by molar-refractivity contribution is 7.90. The lowest BCUT2D eigenvalue weighted by Gasteiger charge is -2.30. The van der Waals surface area contributed by atoms with Crippen molar-refractivity contribution in [2.45, 2.75) is 39.7 Å². The van der Waals surface area contributed by atoms with Gasteiger partial charge in [-0.3, -0.25) is 4.79 Å². The highest BCUT2D eigenvalue weighted by atomic mass is 32.2. The number of allylic oxidation sites excluding steroid dienone is 2. The summed E-state index contributed by atoms with van der Waals surface area (Å²) in [5.41, 5.74) is 2.69. The fraction of sp³-hybridized carbons (Fsp3) is 0.240. The Morgan fingerprint density at radius 1 is 1.19 bits per heavy atom. The molecule has 5 rings (SSSR count). The van der Waals surface area contributed by atoms with Crippen LogP contribution in [0.3, 0.4) is 0 Å². The zero-order valence-electron chi connectivity index (χ0n) is 18.1. The van der Waals surface area contributed by atoms with Gasteiger partial charge in [0, 0.05) is 5.56 Å². The Hall–Kier alpha value is -3.32. The molecule has 2 aliphatic rings. The van der Waals surface area contributed by atoms with Crippen molar-refractivity contribution < 1.29 is 22.6 Å². The Morgan fingerprint density at radius 2 is 1.97 bits per heavy atom. The minimum atomic E-state index is -0.544. The third-order valence-corrected chi connectivity index (χ3v) is 6.01. The predicted molar refractivity (Wildman–Crippen MR) is 125 cm³/mol. The highest BCUT2D eigenvalue weighted by Crippen LogP contribution is 2.45. The van der Waals surface area contributed by atoms with Gasteiger partial charge in [-0.2, -0.15) is 0 Å². The van der Waals surface area contributed by atoms with Crippen LogP contribution in [0.2, 0.25) is 0 Å². The van der Waals surface area contributed by atoms with E-state index in [9.17, 15) is 9.90 Å². The van der Waals surface area contributed by atoms with Crippen LogP contribution in [0.15, 0.2) is 51.4 Å². The first-order valence-electron chi connectivity index (χ1n) is 10.3. The fourth-order valence-electron chi connectivity index (χ4n) is 3.85. The Labute approximate surface area is 189 Å². The molecule has 2 aromatic carbocycles. The summed E-state index contributed by atoms with van der Waals surface area (Å²) in [6, 6.07) is 5.22. The first kappa shape index (κ1) is 20.6. The molecular weight excluding hydrogens is 428 g/mol. The van der Waals surface area contributed by atoms with E-state index in [1.807, 2.05) is 45.9 Å². The molecule has 0 saturated heterocycles. The Bertz CT molecular complexity index is 1380. The molecule has 0 radical (unpaired) electrons. The van der Waals surface area contributed by atoms with Gasteiger partial charge < -0.3 is 22.6 Å². The van der Waals surface area contributed by atoms with Crippen molar-refractivity contribution in [3.63, 3.8) is 0 Å².